The Bertz CT molecular complexity index is 1180. The molecule has 0 aliphatic carbocycles. The second-order valence-corrected chi connectivity index (χ2v) is 6.75. The van der Waals surface area contributed by atoms with Gasteiger partial charge in [-0.15, -0.1) is 0 Å². The Labute approximate surface area is 173 Å². The number of carbonyl (C=O) groups excluding carboxylic acids is 1. The van der Waals surface area contributed by atoms with Crippen LogP contribution in [0.25, 0.3) is 10.8 Å². The van der Waals surface area contributed by atoms with Gasteiger partial charge in [-0.1, -0.05) is 36.4 Å². The number of ether oxygens (including phenoxy) is 2. The zero-order chi connectivity index (χ0) is 20.9. The summed E-state index contributed by atoms with van der Waals surface area (Å²) in [5.74, 6) is 0.742. The van der Waals surface area contributed by atoms with Gasteiger partial charge in [0.1, 0.15) is 23.9 Å². The summed E-state index contributed by atoms with van der Waals surface area (Å²) in [6.07, 6.45) is 0. The van der Waals surface area contributed by atoms with E-state index in [2.05, 4.69) is 5.32 Å². The normalized spacial score (nSPS) is 10.6. The molecule has 4 rings (SSSR count). The fourth-order valence-electron chi connectivity index (χ4n) is 3.25. The molecule has 0 aromatic heterocycles. The number of halogens is 1. The first-order valence-electron chi connectivity index (χ1n) is 9.48. The van der Waals surface area contributed by atoms with Crippen molar-refractivity contribution in [2.45, 2.75) is 6.61 Å². The number of carbonyl (C=O) groups is 1. The Morgan fingerprint density at radius 1 is 0.900 bits per heavy atom. The minimum atomic E-state index is -0.356. The van der Waals surface area contributed by atoms with Crippen LogP contribution in [0, 0.1) is 5.82 Å². The highest BCUT2D eigenvalue weighted by atomic mass is 19.1. The average molecular weight is 401 g/mol. The predicted molar refractivity (Wildman–Crippen MR) is 116 cm³/mol. The Morgan fingerprint density at radius 3 is 2.47 bits per heavy atom. The van der Waals surface area contributed by atoms with Crippen molar-refractivity contribution in [1.82, 2.24) is 0 Å². The van der Waals surface area contributed by atoms with Gasteiger partial charge in [-0.05, 0) is 53.9 Å². The van der Waals surface area contributed by atoms with E-state index in [1.165, 1.54) is 24.3 Å². The van der Waals surface area contributed by atoms with Crippen molar-refractivity contribution in [3.63, 3.8) is 0 Å². The van der Waals surface area contributed by atoms with E-state index >= 15 is 0 Å². The number of hydrogen-bond acceptors (Lipinski definition) is 3. The van der Waals surface area contributed by atoms with Gasteiger partial charge in [0.05, 0.1) is 7.11 Å². The molecule has 0 radical (unpaired) electrons. The number of hydrogen-bond donors (Lipinski definition) is 1. The molecule has 150 valence electrons. The van der Waals surface area contributed by atoms with E-state index in [4.69, 9.17) is 9.47 Å². The van der Waals surface area contributed by atoms with Crippen molar-refractivity contribution >= 4 is 22.4 Å². The number of methoxy groups -OCH3 is 1. The molecule has 4 aromatic carbocycles. The Morgan fingerprint density at radius 2 is 1.67 bits per heavy atom. The summed E-state index contributed by atoms with van der Waals surface area (Å²) in [6, 6.07) is 24.7. The molecule has 0 unspecified atom stereocenters. The minimum absolute atomic E-state index is 0.245. The molecule has 30 heavy (non-hydrogen) atoms. The van der Waals surface area contributed by atoms with Gasteiger partial charge < -0.3 is 14.8 Å². The van der Waals surface area contributed by atoms with Crippen molar-refractivity contribution in [3.05, 3.63) is 102 Å². The van der Waals surface area contributed by atoms with E-state index in [9.17, 15) is 9.18 Å². The number of fused-ring (bicyclic) bond motifs is 1. The molecule has 0 bridgehead atoms. The van der Waals surface area contributed by atoms with Crippen LogP contribution in [0.5, 0.6) is 11.5 Å². The van der Waals surface area contributed by atoms with Crippen LogP contribution in [0.3, 0.4) is 0 Å². The summed E-state index contributed by atoms with van der Waals surface area (Å²) in [5.41, 5.74) is 1.72. The predicted octanol–water partition coefficient (Wildman–Crippen LogP) is 5.82. The first-order valence-corrected chi connectivity index (χ1v) is 9.48. The van der Waals surface area contributed by atoms with Gasteiger partial charge in [0.25, 0.3) is 5.91 Å². The molecule has 4 nitrogen and oxygen atoms in total. The average Bonchev–Trinajstić information content (AvgIpc) is 2.79. The maximum atomic E-state index is 13.1. The molecule has 1 N–H and O–H groups in total. The fourth-order valence-corrected chi connectivity index (χ4v) is 3.25. The molecule has 0 fully saturated rings. The van der Waals surface area contributed by atoms with E-state index in [1.54, 1.807) is 25.3 Å². The number of benzene rings is 4. The van der Waals surface area contributed by atoms with Gasteiger partial charge in [0.2, 0.25) is 0 Å². The standard InChI is InChI=1S/C25H20FNO3/c1-29-23-14-9-18(25(28)27-21-12-10-20(26)11-13-21)15-19(23)16-30-24-8-4-6-17-5-2-3-7-22(17)24/h2-15H,16H2,1H3,(H,27,28). The maximum absolute atomic E-state index is 13.1. The van der Waals surface area contributed by atoms with E-state index in [0.29, 0.717) is 17.0 Å². The summed E-state index contributed by atoms with van der Waals surface area (Å²) in [6.45, 7) is 0.245. The van der Waals surface area contributed by atoms with Crippen molar-refractivity contribution in [2.24, 2.45) is 0 Å². The molecule has 0 spiro atoms. The zero-order valence-corrected chi connectivity index (χ0v) is 16.4. The van der Waals surface area contributed by atoms with Crippen LogP contribution in [-0.2, 0) is 6.61 Å². The van der Waals surface area contributed by atoms with E-state index in [1.807, 2.05) is 42.5 Å². The first-order chi connectivity index (χ1) is 14.6. The summed E-state index contributed by atoms with van der Waals surface area (Å²) < 4.78 is 24.6. The van der Waals surface area contributed by atoms with E-state index in [0.717, 1.165) is 22.1 Å². The van der Waals surface area contributed by atoms with Crippen LogP contribution in [0.1, 0.15) is 15.9 Å². The zero-order valence-electron chi connectivity index (χ0n) is 16.4. The highest BCUT2D eigenvalue weighted by molar-refractivity contribution is 6.04. The van der Waals surface area contributed by atoms with Crippen molar-refractivity contribution in [2.75, 3.05) is 12.4 Å². The Balaban J connectivity index is 1.55. The second kappa shape index (κ2) is 8.66. The number of amides is 1. The summed E-state index contributed by atoms with van der Waals surface area (Å²) in [4.78, 5) is 12.6. The highest BCUT2D eigenvalue weighted by Crippen LogP contribution is 2.28. The molecule has 1 amide bonds. The lowest BCUT2D eigenvalue weighted by atomic mass is 10.1. The summed E-state index contributed by atoms with van der Waals surface area (Å²) in [7, 11) is 1.58. The summed E-state index contributed by atoms with van der Waals surface area (Å²) in [5, 5.41) is 4.87. The monoisotopic (exact) mass is 401 g/mol. The third-order valence-corrected chi connectivity index (χ3v) is 4.78. The van der Waals surface area contributed by atoms with Crippen LogP contribution in [0.15, 0.2) is 84.9 Å². The van der Waals surface area contributed by atoms with E-state index < -0.39 is 0 Å². The van der Waals surface area contributed by atoms with Gasteiger partial charge in [-0.25, -0.2) is 4.39 Å². The lowest BCUT2D eigenvalue weighted by Gasteiger charge is -2.13. The number of rotatable bonds is 6. The topological polar surface area (TPSA) is 47.6 Å². The first kappa shape index (κ1) is 19.5. The Hall–Kier alpha value is -3.86. The Kier molecular flexibility index (Phi) is 5.61. The molecule has 0 aliphatic rings. The van der Waals surface area contributed by atoms with E-state index in [-0.39, 0.29) is 18.3 Å². The molecule has 0 atom stereocenters. The van der Waals surface area contributed by atoms with Crippen LogP contribution in [0.4, 0.5) is 10.1 Å². The third kappa shape index (κ3) is 4.25. The SMILES string of the molecule is COc1ccc(C(=O)Nc2ccc(F)cc2)cc1COc1cccc2ccccc12. The quantitative estimate of drug-likeness (QED) is 0.443. The molecular weight excluding hydrogens is 381 g/mol. The van der Waals surface area contributed by atoms with Crippen LogP contribution in [0.2, 0.25) is 0 Å². The maximum Gasteiger partial charge on any atom is 0.255 e. The molecule has 0 heterocycles. The third-order valence-electron chi connectivity index (χ3n) is 4.78. The highest BCUT2D eigenvalue weighted by Gasteiger charge is 2.12. The number of nitrogens with one attached hydrogen (secondary N) is 1. The van der Waals surface area contributed by atoms with Gasteiger partial charge in [0.15, 0.2) is 0 Å². The minimum Gasteiger partial charge on any atom is -0.496 e. The van der Waals surface area contributed by atoms with Crippen LogP contribution in [-0.4, -0.2) is 13.0 Å². The molecular formula is C25H20FNO3. The largest absolute Gasteiger partial charge is 0.496 e. The van der Waals surface area contributed by atoms with Gasteiger partial charge in [0, 0.05) is 22.2 Å². The summed E-state index contributed by atoms with van der Waals surface area (Å²) >= 11 is 0. The van der Waals surface area contributed by atoms with Crippen molar-refractivity contribution < 1.29 is 18.7 Å². The fraction of sp³-hybridized carbons (Fsp3) is 0.0800. The lowest BCUT2D eigenvalue weighted by Crippen LogP contribution is -2.13. The van der Waals surface area contributed by atoms with Gasteiger partial charge >= 0.3 is 0 Å². The molecule has 5 heteroatoms. The molecule has 0 saturated carbocycles. The molecule has 4 aromatic rings. The van der Waals surface area contributed by atoms with Gasteiger partial charge in [-0.3, -0.25) is 4.79 Å². The smallest absolute Gasteiger partial charge is 0.255 e. The number of anilines is 1. The van der Waals surface area contributed by atoms with Crippen LogP contribution >= 0.6 is 0 Å². The van der Waals surface area contributed by atoms with Crippen LogP contribution < -0.4 is 14.8 Å². The second-order valence-electron chi connectivity index (χ2n) is 6.75. The van der Waals surface area contributed by atoms with Crippen molar-refractivity contribution in [1.29, 1.82) is 0 Å². The van der Waals surface area contributed by atoms with Gasteiger partial charge in [-0.2, -0.15) is 0 Å². The van der Waals surface area contributed by atoms with Crippen molar-refractivity contribution in [3.8, 4) is 11.5 Å². The molecule has 0 aliphatic heterocycles. The molecule has 0 saturated heterocycles. The lowest BCUT2D eigenvalue weighted by molar-refractivity contribution is 0.102.